The number of benzene rings is 1. The van der Waals surface area contributed by atoms with Crippen LogP contribution in [0.15, 0.2) is 12.1 Å². The molecule has 1 aromatic carbocycles. The minimum absolute atomic E-state index is 0.0807. The summed E-state index contributed by atoms with van der Waals surface area (Å²) in [6.07, 6.45) is 2.61. The van der Waals surface area contributed by atoms with Crippen LogP contribution in [0, 0.1) is 5.92 Å². The molecule has 1 N–H and O–H groups in total. The molecule has 1 atom stereocenters. The van der Waals surface area contributed by atoms with E-state index in [1.807, 2.05) is 19.1 Å². The molecule has 9 nitrogen and oxygen atoms in total. The molecule has 10 heteroatoms. The number of nitrogens with zero attached hydrogens (tertiary/aromatic N) is 5. The van der Waals surface area contributed by atoms with Crippen LogP contribution < -0.4 is 14.8 Å². The van der Waals surface area contributed by atoms with Crippen LogP contribution in [0.25, 0.3) is 0 Å². The standard InChI is InChI=1S/C23H31ClN6O3/c1-15(25-23(31)16-3-6-28(2)7-4-16)22-27-26-21-5-8-29(9-10-30(21)22)13-17-11-19-20(12-18(17)24)33-14-32-19/h11-12,15-16H,3-10,13-14H2,1-2H3,(H,25,31)/t15-/m0/s1. The lowest BCUT2D eigenvalue weighted by molar-refractivity contribution is -0.127. The first kappa shape index (κ1) is 22.4. The van der Waals surface area contributed by atoms with E-state index < -0.39 is 0 Å². The summed E-state index contributed by atoms with van der Waals surface area (Å²) in [6.45, 7) is 7.38. The average molecular weight is 475 g/mol. The van der Waals surface area contributed by atoms with E-state index in [9.17, 15) is 4.79 Å². The monoisotopic (exact) mass is 474 g/mol. The van der Waals surface area contributed by atoms with Gasteiger partial charge in [0.25, 0.3) is 0 Å². The van der Waals surface area contributed by atoms with Crippen molar-refractivity contribution in [2.45, 2.75) is 45.3 Å². The molecular formula is C23H31ClN6O3. The van der Waals surface area contributed by atoms with Gasteiger partial charge in [-0.25, -0.2) is 0 Å². The molecule has 0 radical (unpaired) electrons. The number of carbonyl (C=O) groups is 1. The normalized spacial score (nSPS) is 20.3. The van der Waals surface area contributed by atoms with Crippen LogP contribution in [0.2, 0.25) is 5.02 Å². The zero-order chi connectivity index (χ0) is 22.9. The fourth-order valence-electron chi connectivity index (χ4n) is 4.86. The molecule has 2 aromatic rings. The van der Waals surface area contributed by atoms with Gasteiger partial charge in [-0.1, -0.05) is 11.6 Å². The van der Waals surface area contributed by atoms with Crippen LogP contribution in [-0.2, 0) is 24.3 Å². The second-order valence-corrected chi connectivity index (χ2v) is 9.66. The zero-order valence-corrected chi connectivity index (χ0v) is 20.0. The number of amides is 1. The number of piperidine rings is 1. The van der Waals surface area contributed by atoms with Crippen LogP contribution >= 0.6 is 11.6 Å². The fraction of sp³-hybridized carbons (Fsp3) is 0.609. The summed E-state index contributed by atoms with van der Waals surface area (Å²) in [5.41, 5.74) is 1.03. The summed E-state index contributed by atoms with van der Waals surface area (Å²) in [4.78, 5) is 17.4. The molecule has 0 unspecified atom stereocenters. The Kier molecular flexibility index (Phi) is 6.44. The summed E-state index contributed by atoms with van der Waals surface area (Å²) in [7, 11) is 2.10. The molecule has 0 spiro atoms. The third kappa shape index (κ3) is 4.81. The highest BCUT2D eigenvalue weighted by Crippen LogP contribution is 2.37. The summed E-state index contributed by atoms with van der Waals surface area (Å²) in [6, 6.07) is 3.63. The van der Waals surface area contributed by atoms with Crippen molar-refractivity contribution in [1.29, 1.82) is 0 Å². The molecule has 1 fully saturated rings. The van der Waals surface area contributed by atoms with Gasteiger partial charge in [0.15, 0.2) is 17.3 Å². The van der Waals surface area contributed by atoms with E-state index >= 15 is 0 Å². The molecule has 3 aliphatic heterocycles. The van der Waals surface area contributed by atoms with Gasteiger partial charge in [0, 0.05) is 49.6 Å². The second kappa shape index (κ2) is 9.48. The van der Waals surface area contributed by atoms with Crippen molar-refractivity contribution in [3.05, 3.63) is 34.4 Å². The van der Waals surface area contributed by atoms with Crippen LogP contribution in [0.1, 0.15) is 43.0 Å². The molecule has 1 amide bonds. The highest BCUT2D eigenvalue weighted by molar-refractivity contribution is 6.31. The molecule has 33 heavy (non-hydrogen) atoms. The number of carbonyl (C=O) groups excluding carboxylic acids is 1. The Labute approximate surface area is 199 Å². The van der Waals surface area contributed by atoms with Gasteiger partial charge in [-0.3, -0.25) is 9.69 Å². The lowest BCUT2D eigenvalue weighted by Crippen LogP contribution is -2.40. The van der Waals surface area contributed by atoms with Gasteiger partial charge in [-0.2, -0.15) is 0 Å². The maximum atomic E-state index is 12.8. The van der Waals surface area contributed by atoms with Crippen LogP contribution in [0.5, 0.6) is 11.5 Å². The number of halogens is 1. The van der Waals surface area contributed by atoms with Gasteiger partial charge in [0.05, 0.1) is 6.04 Å². The van der Waals surface area contributed by atoms with E-state index in [4.69, 9.17) is 21.1 Å². The van der Waals surface area contributed by atoms with Gasteiger partial charge < -0.3 is 24.3 Å². The summed E-state index contributed by atoms with van der Waals surface area (Å²) in [5, 5.41) is 12.7. The molecule has 5 rings (SSSR count). The van der Waals surface area contributed by atoms with Crippen molar-refractivity contribution in [2.24, 2.45) is 5.92 Å². The molecule has 3 aliphatic rings. The van der Waals surface area contributed by atoms with E-state index in [1.54, 1.807) is 0 Å². The Bertz CT molecular complexity index is 1020. The molecule has 0 saturated carbocycles. The maximum Gasteiger partial charge on any atom is 0.231 e. The van der Waals surface area contributed by atoms with E-state index in [0.717, 1.165) is 81.5 Å². The number of ether oxygens (including phenoxy) is 2. The van der Waals surface area contributed by atoms with Gasteiger partial charge in [0.1, 0.15) is 5.82 Å². The third-order valence-electron chi connectivity index (χ3n) is 6.92. The molecular weight excluding hydrogens is 444 g/mol. The van der Waals surface area contributed by atoms with E-state index in [2.05, 4.69) is 36.9 Å². The molecule has 1 aromatic heterocycles. The summed E-state index contributed by atoms with van der Waals surface area (Å²) < 4.78 is 13.1. The largest absolute Gasteiger partial charge is 0.454 e. The molecule has 0 aliphatic carbocycles. The number of fused-ring (bicyclic) bond motifs is 2. The van der Waals surface area contributed by atoms with Gasteiger partial charge in [0.2, 0.25) is 12.7 Å². The Balaban J connectivity index is 1.21. The number of aromatic nitrogens is 3. The number of likely N-dealkylation sites (tertiary alicyclic amines) is 1. The highest BCUT2D eigenvalue weighted by atomic mass is 35.5. The Morgan fingerprint density at radius 3 is 2.70 bits per heavy atom. The lowest BCUT2D eigenvalue weighted by atomic mass is 9.96. The van der Waals surface area contributed by atoms with Gasteiger partial charge in [-0.05, 0) is 51.5 Å². The number of rotatable bonds is 5. The summed E-state index contributed by atoms with van der Waals surface area (Å²) >= 11 is 6.49. The first-order valence-corrected chi connectivity index (χ1v) is 12.1. The predicted octanol–water partition coefficient (Wildman–Crippen LogP) is 2.24. The fourth-order valence-corrected chi connectivity index (χ4v) is 5.07. The van der Waals surface area contributed by atoms with Crippen molar-refractivity contribution in [1.82, 2.24) is 29.9 Å². The maximum absolute atomic E-state index is 12.8. The molecule has 0 bridgehead atoms. The van der Waals surface area contributed by atoms with E-state index in [-0.39, 0.29) is 24.7 Å². The van der Waals surface area contributed by atoms with Gasteiger partial charge in [-0.15, -0.1) is 10.2 Å². The minimum atomic E-state index is -0.173. The molecule has 4 heterocycles. The first-order valence-electron chi connectivity index (χ1n) is 11.7. The van der Waals surface area contributed by atoms with Crippen molar-refractivity contribution in [2.75, 3.05) is 40.0 Å². The Morgan fingerprint density at radius 2 is 1.91 bits per heavy atom. The van der Waals surface area contributed by atoms with Crippen LogP contribution in [0.4, 0.5) is 0 Å². The molecule has 1 saturated heterocycles. The predicted molar refractivity (Wildman–Crippen MR) is 123 cm³/mol. The number of hydrogen-bond acceptors (Lipinski definition) is 7. The van der Waals surface area contributed by atoms with E-state index in [1.165, 1.54) is 0 Å². The minimum Gasteiger partial charge on any atom is -0.454 e. The highest BCUT2D eigenvalue weighted by Gasteiger charge is 2.28. The van der Waals surface area contributed by atoms with E-state index in [0.29, 0.717) is 10.8 Å². The Morgan fingerprint density at radius 1 is 1.15 bits per heavy atom. The smallest absolute Gasteiger partial charge is 0.231 e. The number of nitrogens with one attached hydrogen (secondary N) is 1. The zero-order valence-electron chi connectivity index (χ0n) is 19.2. The van der Waals surface area contributed by atoms with Gasteiger partial charge >= 0.3 is 0 Å². The third-order valence-corrected chi connectivity index (χ3v) is 7.27. The quantitative estimate of drug-likeness (QED) is 0.711. The van der Waals surface area contributed by atoms with Crippen LogP contribution in [0.3, 0.4) is 0 Å². The Hall–Kier alpha value is -2.36. The second-order valence-electron chi connectivity index (χ2n) is 9.26. The first-order chi connectivity index (χ1) is 16.0. The van der Waals surface area contributed by atoms with Crippen LogP contribution in [-0.4, -0.2) is 70.5 Å². The lowest BCUT2D eigenvalue weighted by Gasteiger charge is -2.29. The summed E-state index contributed by atoms with van der Waals surface area (Å²) in [5.74, 6) is 3.45. The van der Waals surface area contributed by atoms with Crippen molar-refractivity contribution in [3.8, 4) is 11.5 Å². The van der Waals surface area contributed by atoms with Crippen molar-refractivity contribution < 1.29 is 14.3 Å². The van der Waals surface area contributed by atoms with Crippen molar-refractivity contribution in [3.63, 3.8) is 0 Å². The van der Waals surface area contributed by atoms with Crippen molar-refractivity contribution >= 4 is 17.5 Å². The topological polar surface area (TPSA) is 84.8 Å². The number of hydrogen-bond donors (Lipinski definition) is 1. The molecule has 178 valence electrons. The SMILES string of the molecule is C[C@H](NC(=O)C1CCN(C)CC1)c1nnc2n1CCN(Cc1cc3c(cc1Cl)OCO3)CC2. The average Bonchev–Trinajstić information content (AvgIpc) is 3.37.